The van der Waals surface area contributed by atoms with Gasteiger partial charge in [-0.1, -0.05) is 0 Å². The Labute approximate surface area is 55.9 Å². The fourth-order valence-electron chi connectivity index (χ4n) is 0. The second kappa shape index (κ2) is 42.7. The summed E-state index contributed by atoms with van der Waals surface area (Å²) in [7, 11) is -1.67. The van der Waals surface area contributed by atoms with Crippen molar-refractivity contribution >= 4 is 17.4 Å². The molecule has 9 heavy (non-hydrogen) atoms. The maximum absolute atomic E-state index is 8.46. The predicted molar refractivity (Wildman–Crippen MR) is 32.4 cm³/mol. The molecule has 0 fully saturated rings. The van der Waals surface area contributed by atoms with E-state index < -0.39 is 17.4 Å². The van der Waals surface area contributed by atoms with Gasteiger partial charge in [-0.2, -0.15) is 0 Å². The molecule has 0 radical (unpaired) electrons. The van der Waals surface area contributed by atoms with Gasteiger partial charge in [0.25, 0.3) is 0 Å². The Morgan fingerprint density at radius 2 is 1.22 bits per heavy atom. The lowest BCUT2D eigenvalue weighted by Gasteiger charge is -1.52. The summed E-state index contributed by atoms with van der Waals surface area (Å²) in [6.07, 6.45) is 0. The molecule has 0 saturated heterocycles. The first kappa shape index (κ1) is 16.0. The third-order valence-electron chi connectivity index (χ3n) is 0. The average molecular weight is 174 g/mol. The maximum Gasteiger partial charge on any atom is 0.324 e. The molecule has 0 aromatic rings. The van der Waals surface area contributed by atoms with Crippen molar-refractivity contribution in [1.82, 2.24) is 0 Å². The summed E-state index contributed by atoms with van der Waals surface area (Å²) in [5, 5.41) is 7.57. The van der Waals surface area contributed by atoms with Crippen molar-refractivity contribution in [2.75, 3.05) is 6.61 Å². The van der Waals surface area contributed by atoms with E-state index in [-0.39, 0.29) is 6.61 Å². The third kappa shape index (κ3) is 46700. The molecular formula is C2H8O5P2. The zero-order chi connectivity index (χ0) is 8.12. The van der Waals surface area contributed by atoms with Gasteiger partial charge in [-0.05, 0) is 6.92 Å². The minimum Gasteiger partial charge on any atom is -0.397 e. The van der Waals surface area contributed by atoms with Crippen molar-refractivity contribution < 1.29 is 24.0 Å². The first-order chi connectivity index (χ1) is 4.24. The largest absolute Gasteiger partial charge is 0.397 e. The summed E-state index contributed by atoms with van der Waals surface area (Å²) in [6.45, 7) is 1.93. The molecular weight excluding hydrogens is 166 g/mol. The summed E-state index contributed by atoms with van der Waals surface area (Å²) >= 11 is 0. The second-order valence-corrected chi connectivity index (χ2v) is 0.806. The number of aliphatic hydroxyl groups is 1. The number of hydrogen-bond donors (Lipinski definition) is 3. The molecule has 0 aliphatic heterocycles. The van der Waals surface area contributed by atoms with Gasteiger partial charge < -0.3 is 14.9 Å². The van der Waals surface area contributed by atoms with Crippen LogP contribution < -0.4 is 0 Å². The molecule has 3 N–H and O–H groups in total. The fourth-order valence-corrected chi connectivity index (χ4v) is 0. The van der Waals surface area contributed by atoms with Crippen LogP contribution in [0, 0.1) is 0 Å². The lowest BCUT2D eigenvalue weighted by atomic mass is 10.9. The van der Waals surface area contributed by atoms with Crippen molar-refractivity contribution in [3.63, 3.8) is 0 Å². The number of hydrogen-bond acceptors (Lipinski definition) is 3. The second-order valence-electron chi connectivity index (χ2n) is 0.480. The highest BCUT2D eigenvalue weighted by Gasteiger charge is 1.34. The van der Waals surface area contributed by atoms with Gasteiger partial charge in [0.1, 0.15) is 0 Å². The molecule has 0 bridgehead atoms. The van der Waals surface area contributed by atoms with E-state index in [1.807, 2.05) is 0 Å². The lowest BCUT2D eigenvalue weighted by molar-refractivity contribution is 0.318. The number of aliphatic hydroxyl groups excluding tert-OH is 1. The van der Waals surface area contributed by atoms with Crippen LogP contribution in [0.3, 0.4) is 0 Å². The Morgan fingerprint density at radius 1 is 1.22 bits per heavy atom. The molecule has 7 heteroatoms. The fraction of sp³-hybridized carbons (Fsp3) is 1.00. The maximum atomic E-state index is 8.46. The van der Waals surface area contributed by atoms with Crippen LogP contribution in [0.25, 0.3) is 0 Å². The molecule has 0 spiro atoms. The van der Waals surface area contributed by atoms with E-state index in [4.69, 9.17) is 24.0 Å². The molecule has 5 nitrogen and oxygen atoms in total. The monoisotopic (exact) mass is 174 g/mol. The Kier molecular flexibility index (Phi) is 76.1. The van der Waals surface area contributed by atoms with Gasteiger partial charge in [-0.15, -0.1) is 0 Å². The van der Waals surface area contributed by atoms with Crippen molar-refractivity contribution in [2.45, 2.75) is 6.92 Å². The highest BCUT2D eigenvalue weighted by atomic mass is 31.1. The predicted octanol–water partition coefficient (Wildman–Crippen LogP) is 0.369. The molecule has 0 aliphatic rings. The quantitative estimate of drug-likeness (QED) is 0.461. The van der Waals surface area contributed by atoms with Crippen LogP contribution in [-0.2, 0) is 9.13 Å². The van der Waals surface area contributed by atoms with Gasteiger partial charge in [0, 0.05) is 6.61 Å². The molecule has 0 aromatic carbocycles. The van der Waals surface area contributed by atoms with Gasteiger partial charge in [-0.25, -0.2) is 9.13 Å². The number of rotatable bonds is 0. The first-order valence-electron chi connectivity index (χ1n) is 1.79. The van der Waals surface area contributed by atoms with E-state index in [9.17, 15) is 0 Å². The minimum atomic E-state index is -0.833. The molecule has 0 heterocycles. The molecule has 56 valence electrons. The topological polar surface area (TPSA) is 94.8 Å². The summed E-state index contributed by atoms with van der Waals surface area (Å²) in [6, 6.07) is 0. The van der Waals surface area contributed by atoms with Gasteiger partial charge in [0.15, 0.2) is 0 Å². The smallest absolute Gasteiger partial charge is 0.324 e. The molecule has 0 saturated carbocycles. The van der Waals surface area contributed by atoms with Gasteiger partial charge >= 0.3 is 17.4 Å². The van der Waals surface area contributed by atoms with Crippen LogP contribution in [0.4, 0.5) is 0 Å². The summed E-state index contributed by atoms with van der Waals surface area (Å²) in [4.78, 5) is 14.0. The van der Waals surface area contributed by atoms with Crippen LogP contribution in [0.1, 0.15) is 6.92 Å². The van der Waals surface area contributed by atoms with Crippen LogP contribution >= 0.6 is 17.4 Å². The molecule has 0 aromatic heterocycles. The first-order valence-corrected chi connectivity index (χ1v) is 3.32. The van der Waals surface area contributed by atoms with E-state index in [1.54, 1.807) is 6.92 Å². The molecule has 0 aliphatic carbocycles. The van der Waals surface area contributed by atoms with Crippen LogP contribution in [-0.4, -0.2) is 21.5 Å². The highest BCUT2D eigenvalue weighted by molar-refractivity contribution is 7.16. The molecule has 0 rings (SSSR count). The molecule has 0 unspecified atom stereocenters. The summed E-state index contributed by atoms with van der Waals surface area (Å²) < 4.78 is 16.9. The summed E-state index contributed by atoms with van der Waals surface area (Å²) in [5.74, 6) is 0. The molecule has 0 atom stereocenters. The Bertz CT molecular complexity index is 42.2. The minimum absolute atomic E-state index is 0.250. The Hall–Kier alpha value is 0.0800. The van der Waals surface area contributed by atoms with E-state index in [2.05, 4.69) is 0 Å². The van der Waals surface area contributed by atoms with Crippen LogP contribution in [0.5, 0.6) is 0 Å². The van der Waals surface area contributed by atoms with E-state index in [0.717, 1.165) is 0 Å². The van der Waals surface area contributed by atoms with E-state index in [1.165, 1.54) is 0 Å². The van der Waals surface area contributed by atoms with Crippen molar-refractivity contribution in [3.8, 4) is 0 Å². The van der Waals surface area contributed by atoms with Gasteiger partial charge in [0.05, 0.1) is 0 Å². The molecule has 0 amide bonds. The normalized spacial score (nSPS) is 6.67. The zero-order valence-corrected chi connectivity index (χ0v) is 6.55. The van der Waals surface area contributed by atoms with Crippen LogP contribution in [0.2, 0.25) is 0 Å². The van der Waals surface area contributed by atoms with Gasteiger partial charge in [-0.3, -0.25) is 0 Å². The Balaban J connectivity index is -0.0000000600. The average Bonchev–Trinajstić information content (AvgIpc) is 1.70. The Morgan fingerprint density at radius 3 is 1.22 bits per heavy atom. The van der Waals surface area contributed by atoms with Crippen LogP contribution in [0.15, 0.2) is 0 Å². The zero-order valence-electron chi connectivity index (χ0n) is 4.76. The SMILES string of the molecule is CCO.O=PO.O=PO. The van der Waals surface area contributed by atoms with Crippen molar-refractivity contribution in [1.29, 1.82) is 0 Å². The standard InChI is InChI=1S/C2H6O.2HO2P/c1-2-3;2*1-3-2/h3H,2H2,1H3;2*(H,1,2). The van der Waals surface area contributed by atoms with E-state index >= 15 is 0 Å². The summed E-state index contributed by atoms with van der Waals surface area (Å²) in [5.41, 5.74) is 0. The van der Waals surface area contributed by atoms with E-state index in [0.29, 0.717) is 0 Å². The van der Waals surface area contributed by atoms with Gasteiger partial charge in [0.2, 0.25) is 0 Å². The van der Waals surface area contributed by atoms with Crippen molar-refractivity contribution in [2.24, 2.45) is 0 Å². The van der Waals surface area contributed by atoms with Crippen molar-refractivity contribution in [3.05, 3.63) is 0 Å². The highest BCUT2D eigenvalue weighted by Crippen LogP contribution is 1.66. The third-order valence-corrected chi connectivity index (χ3v) is 0. The lowest BCUT2D eigenvalue weighted by Crippen LogP contribution is -1.57.